The molecular formula is C25H39NO7. The third kappa shape index (κ3) is 5.74. The van der Waals surface area contributed by atoms with Gasteiger partial charge in [0, 0.05) is 13.2 Å². The van der Waals surface area contributed by atoms with E-state index < -0.39 is 5.60 Å². The summed E-state index contributed by atoms with van der Waals surface area (Å²) in [5.74, 6) is 0.177. The lowest BCUT2D eigenvalue weighted by Crippen LogP contribution is -2.33. The van der Waals surface area contributed by atoms with Crippen LogP contribution in [-0.2, 0) is 30.2 Å². The predicted molar refractivity (Wildman–Crippen MR) is 122 cm³/mol. The zero-order chi connectivity index (χ0) is 23.6. The Hall–Kier alpha value is -1.58. The normalized spacial score (nSPS) is 24.5. The van der Waals surface area contributed by atoms with E-state index in [1.165, 1.54) is 0 Å². The van der Waals surface area contributed by atoms with Crippen LogP contribution in [0.25, 0.3) is 0 Å². The minimum absolute atomic E-state index is 0.0885. The summed E-state index contributed by atoms with van der Waals surface area (Å²) in [7, 11) is 0. The van der Waals surface area contributed by atoms with Gasteiger partial charge < -0.3 is 33.9 Å². The second-order valence-corrected chi connectivity index (χ2v) is 10.4. The van der Waals surface area contributed by atoms with Crippen LogP contribution in [-0.4, -0.2) is 58.7 Å². The molecule has 3 unspecified atom stereocenters. The molecule has 1 aromatic heterocycles. The van der Waals surface area contributed by atoms with Crippen molar-refractivity contribution in [2.75, 3.05) is 26.4 Å². The zero-order valence-electron chi connectivity index (χ0n) is 20.3. The average Bonchev–Trinajstić information content (AvgIpc) is 3.44. The van der Waals surface area contributed by atoms with Crippen molar-refractivity contribution >= 4 is 0 Å². The van der Waals surface area contributed by atoms with Gasteiger partial charge in [-0.1, -0.05) is 12.2 Å². The molecule has 2 bridgehead atoms. The predicted octanol–water partition coefficient (Wildman–Crippen LogP) is 4.50. The zero-order valence-corrected chi connectivity index (χ0v) is 20.3. The molecule has 3 aliphatic rings. The van der Waals surface area contributed by atoms with Crippen molar-refractivity contribution in [3.05, 3.63) is 23.3 Å². The highest BCUT2D eigenvalue weighted by molar-refractivity contribution is 5.55. The fourth-order valence-electron chi connectivity index (χ4n) is 4.62. The van der Waals surface area contributed by atoms with Crippen molar-refractivity contribution < 1.29 is 33.9 Å². The molecular weight excluding hydrogens is 426 g/mol. The third-order valence-corrected chi connectivity index (χ3v) is 6.76. The molecule has 0 aliphatic carbocycles. The molecule has 4 rings (SSSR count). The lowest BCUT2D eigenvalue weighted by Gasteiger charge is -2.30. The van der Waals surface area contributed by atoms with Crippen molar-refractivity contribution in [2.45, 2.75) is 96.0 Å². The molecule has 0 spiro atoms. The molecule has 3 atom stereocenters. The summed E-state index contributed by atoms with van der Waals surface area (Å²) in [6.07, 6.45) is 7.85. The molecule has 0 aromatic carbocycles. The molecule has 0 radical (unpaired) electrons. The van der Waals surface area contributed by atoms with E-state index in [4.69, 9.17) is 23.7 Å². The minimum Gasteiger partial charge on any atom is -0.494 e. The summed E-state index contributed by atoms with van der Waals surface area (Å²) in [5.41, 5.74) is 0.642. The Morgan fingerprint density at radius 1 is 0.909 bits per heavy atom. The number of hydrogen-bond acceptors (Lipinski definition) is 7. The van der Waals surface area contributed by atoms with Crippen LogP contribution in [0.5, 0.6) is 11.8 Å². The molecule has 4 heterocycles. The number of rotatable bonds is 12. The van der Waals surface area contributed by atoms with E-state index in [2.05, 4.69) is 13.8 Å². The molecule has 1 saturated heterocycles. The standard InChI is InChI=1S/C25H39NO7/c1-24(2,10-12-26-22(27)20-17-8-9-18(33-17)21(20)23(26)28)31-14-11-25(3,4)32-16-15-30-19-7-5-6-13-29-19/h8-9,17-19,27-28H,5-7,10-16H2,1-4H3. The van der Waals surface area contributed by atoms with Crippen LogP contribution < -0.4 is 0 Å². The first kappa shape index (κ1) is 24.5. The summed E-state index contributed by atoms with van der Waals surface area (Å²) in [6, 6.07) is 0. The summed E-state index contributed by atoms with van der Waals surface area (Å²) < 4.78 is 30.7. The first-order valence-corrected chi connectivity index (χ1v) is 12.2. The second-order valence-electron chi connectivity index (χ2n) is 10.4. The van der Waals surface area contributed by atoms with Crippen molar-refractivity contribution in [3.8, 4) is 11.8 Å². The summed E-state index contributed by atoms with van der Waals surface area (Å²) in [5, 5.41) is 21.3. The van der Waals surface area contributed by atoms with Crippen LogP contribution in [0.4, 0.5) is 0 Å². The van der Waals surface area contributed by atoms with Gasteiger partial charge in [0.1, 0.15) is 12.2 Å². The van der Waals surface area contributed by atoms with Gasteiger partial charge in [0.15, 0.2) is 6.29 Å². The van der Waals surface area contributed by atoms with Crippen molar-refractivity contribution in [1.82, 2.24) is 4.57 Å². The van der Waals surface area contributed by atoms with Gasteiger partial charge in [-0.05, 0) is 59.8 Å². The van der Waals surface area contributed by atoms with E-state index in [0.717, 1.165) is 32.3 Å². The minimum atomic E-state index is -0.418. The molecule has 1 fully saturated rings. The number of ether oxygens (including phenoxy) is 5. The van der Waals surface area contributed by atoms with Crippen LogP contribution in [0, 0.1) is 0 Å². The Balaban J connectivity index is 1.17. The van der Waals surface area contributed by atoms with E-state index in [0.29, 0.717) is 43.9 Å². The summed E-state index contributed by atoms with van der Waals surface area (Å²) >= 11 is 0. The van der Waals surface area contributed by atoms with Gasteiger partial charge in [-0.15, -0.1) is 0 Å². The van der Waals surface area contributed by atoms with Crippen molar-refractivity contribution in [2.24, 2.45) is 0 Å². The van der Waals surface area contributed by atoms with Crippen LogP contribution in [0.1, 0.15) is 83.1 Å². The fraction of sp³-hybridized carbons (Fsp3) is 0.760. The van der Waals surface area contributed by atoms with Gasteiger partial charge in [0.05, 0.1) is 42.1 Å². The third-order valence-electron chi connectivity index (χ3n) is 6.76. The molecule has 186 valence electrons. The lowest BCUT2D eigenvalue weighted by molar-refractivity contribution is -0.176. The maximum absolute atomic E-state index is 10.6. The monoisotopic (exact) mass is 465 g/mol. The smallest absolute Gasteiger partial charge is 0.200 e. The highest BCUT2D eigenvalue weighted by Gasteiger charge is 2.42. The first-order valence-electron chi connectivity index (χ1n) is 12.2. The van der Waals surface area contributed by atoms with Gasteiger partial charge in [-0.2, -0.15) is 0 Å². The molecule has 33 heavy (non-hydrogen) atoms. The van der Waals surface area contributed by atoms with Crippen molar-refractivity contribution in [1.29, 1.82) is 0 Å². The van der Waals surface area contributed by atoms with Gasteiger partial charge in [0.2, 0.25) is 11.8 Å². The van der Waals surface area contributed by atoms with Gasteiger partial charge in [0.25, 0.3) is 0 Å². The molecule has 8 nitrogen and oxygen atoms in total. The largest absolute Gasteiger partial charge is 0.494 e. The van der Waals surface area contributed by atoms with E-state index in [1.54, 1.807) is 4.57 Å². The van der Waals surface area contributed by atoms with Crippen LogP contribution >= 0.6 is 0 Å². The van der Waals surface area contributed by atoms with E-state index in [-0.39, 0.29) is 35.9 Å². The summed E-state index contributed by atoms with van der Waals surface area (Å²) in [6.45, 7) is 11.0. The van der Waals surface area contributed by atoms with Crippen LogP contribution in [0.2, 0.25) is 0 Å². The van der Waals surface area contributed by atoms with Gasteiger partial charge in [-0.25, -0.2) is 0 Å². The number of aromatic nitrogens is 1. The van der Waals surface area contributed by atoms with E-state index in [1.807, 2.05) is 26.0 Å². The SMILES string of the molecule is CC(C)(CCOC(C)(C)CCn1c(O)c2c(c1O)C1C=CC2O1)OCCOC1CCCCO1. The molecule has 8 heteroatoms. The maximum Gasteiger partial charge on any atom is 0.200 e. The molecule has 3 aliphatic heterocycles. The number of aromatic hydroxyl groups is 2. The Morgan fingerprint density at radius 2 is 1.55 bits per heavy atom. The second kappa shape index (κ2) is 9.96. The van der Waals surface area contributed by atoms with E-state index >= 15 is 0 Å². The quantitative estimate of drug-likeness (QED) is 0.347. The molecule has 0 amide bonds. The van der Waals surface area contributed by atoms with Gasteiger partial charge in [-0.3, -0.25) is 4.57 Å². The fourth-order valence-corrected chi connectivity index (χ4v) is 4.62. The topological polar surface area (TPSA) is 91.5 Å². The van der Waals surface area contributed by atoms with Crippen LogP contribution in [0.15, 0.2) is 12.2 Å². The Kier molecular flexibility index (Phi) is 7.41. The average molecular weight is 466 g/mol. The first-order chi connectivity index (χ1) is 15.7. The lowest BCUT2D eigenvalue weighted by atomic mass is 10.0. The number of nitrogens with zero attached hydrogens (tertiary/aromatic N) is 1. The van der Waals surface area contributed by atoms with Crippen molar-refractivity contribution in [3.63, 3.8) is 0 Å². The Bertz CT molecular complexity index is 803. The Labute approximate surface area is 196 Å². The Morgan fingerprint density at radius 3 is 2.18 bits per heavy atom. The molecule has 0 saturated carbocycles. The van der Waals surface area contributed by atoms with Gasteiger partial charge >= 0.3 is 0 Å². The molecule has 1 aromatic rings. The number of fused-ring (bicyclic) bond motifs is 5. The highest BCUT2D eigenvalue weighted by atomic mass is 16.7. The van der Waals surface area contributed by atoms with E-state index in [9.17, 15) is 10.2 Å². The molecule has 2 N–H and O–H groups in total. The number of hydrogen-bond donors (Lipinski definition) is 2. The summed E-state index contributed by atoms with van der Waals surface area (Å²) in [4.78, 5) is 0. The van der Waals surface area contributed by atoms with Crippen LogP contribution in [0.3, 0.4) is 0 Å². The highest BCUT2D eigenvalue weighted by Crippen LogP contribution is 2.54. The maximum atomic E-state index is 10.6.